The highest BCUT2D eigenvalue weighted by atomic mass is 19.4. The van der Waals surface area contributed by atoms with Crippen LogP contribution in [0.5, 0.6) is 5.75 Å². The van der Waals surface area contributed by atoms with Crippen molar-refractivity contribution < 1.29 is 27.4 Å². The van der Waals surface area contributed by atoms with Gasteiger partial charge in [-0.05, 0) is 34.0 Å². The molecule has 29 heavy (non-hydrogen) atoms. The molecule has 0 heterocycles. The lowest BCUT2D eigenvalue weighted by molar-refractivity contribution is -0.176. The third-order valence-electron chi connectivity index (χ3n) is 4.14. The van der Waals surface area contributed by atoms with Crippen LogP contribution in [-0.4, -0.2) is 25.3 Å². The normalized spacial score (nSPS) is 11.4. The average Bonchev–Trinajstić information content (AvgIpc) is 2.70. The highest BCUT2D eigenvalue weighted by molar-refractivity contribution is 5.84. The molecule has 4 nitrogen and oxygen atoms in total. The van der Waals surface area contributed by atoms with E-state index in [2.05, 4.69) is 10.1 Å². The molecule has 0 bridgehead atoms. The van der Waals surface area contributed by atoms with Crippen LogP contribution >= 0.6 is 0 Å². The van der Waals surface area contributed by atoms with Crippen LogP contribution in [0.1, 0.15) is 11.1 Å². The lowest BCUT2D eigenvalue weighted by Crippen LogP contribution is -2.28. The molecule has 0 fully saturated rings. The Morgan fingerprint density at radius 2 is 1.59 bits per heavy atom. The zero-order valence-corrected chi connectivity index (χ0v) is 15.5. The Morgan fingerprint density at radius 3 is 2.31 bits per heavy atom. The molecule has 1 N–H and O–H groups in total. The van der Waals surface area contributed by atoms with E-state index in [-0.39, 0.29) is 19.1 Å². The van der Waals surface area contributed by atoms with E-state index >= 15 is 0 Å². The zero-order valence-electron chi connectivity index (χ0n) is 15.5. The van der Waals surface area contributed by atoms with Crippen LogP contribution in [0.15, 0.2) is 66.7 Å². The Morgan fingerprint density at radius 1 is 0.897 bits per heavy atom. The number of carbonyl (C=O) groups excluding carboxylic acids is 1. The van der Waals surface area contributed by atoms with Crippen molar-refractivity contribution in [2.45, 2.75) is 19.3 Å². The van der Waals surface area contributed by atoms with Gasteiger partial charge in [-0.1, -0.05) is 54.6 Å². The summed E-state index contributed by atoms with van der Waals surface area (Å²) in [5, 5.41) is 4.87. The molecule has 3 rings (SSSR count). The fourth-order valence-electron chi connectivity index (χ4n) is 2.70. The molecule has 3 aromatic rings. The van der Waals surface area contributed by atoms with E-state index in [0.717, 1.165) is 16.3 Å². The molecule has 0 spiro atoms. The maximum absolute atomic E-state index is 12.1. The van der Waals surface area contributed by atoms with Crippen molar-refractivity contribution in [1.29, 1.82) is 0 Å². The van der Waals surface area contributed by atoms with Gasteiger partial charge in [0, 0.05) is 6.54 Å². The summed E-state index contributed by atoms with van der Waals surface area (Å²) < 4.78 is 46.3. The van der Waals surface area contributed by atoms with Gasteiger partial charge in [-0.2, -0.15) is 13.2 Å². The van der Waals surface area contributed by atoms with E-state index in [9.17, 15) is 18.0 Å². The first-order valence-electron chi connectivity index (χ1n) is 9.00. The predicted octanol–water partition coefficient (Wildman–Crippen LogP) is 4.61. The second-order valence-corrected chi connectivity index (χ2v) is 6.50. The highest BCUT2D eigenvalue weighted by Gasteiger charge is 2.27. The molecule has 0 aliphatic carbocycles. The van der Waals surface area contributed by atoms with Crippen molar-refractivity contribution >= 4 is 16.7 Å². The Bertz CT molecular complexity index is 955. The number of fused-ring (bicyclic) bond motifs is 1. The molecular weight excluding hydrogens is 383 g/mol. The van der Waals surface area contributed by atoms with Gasteiger partial charge in [-0.3, -0.25) is 4.79 Å². The topological polar surface area (TPSA) is 47.6 Å². The van der Waals surface area contributed by atoms with Crippen molar-refractivity contribution in [3.63, 3.8) is 0 Å². The molecule has 1 amide bonds. The molecule has 0 aliphatic heterocycles. The van der Waals surface area contributed by atoms with Crippen LogP contribution in [0.25, 0.3) is 10.8 Å². The lowest BCUT2D eigenvalue weighted by atomic mass is 10.1. The molecule has 0 radical (unpaired) electrons. The predicted molar refractivity (Wildman–Crippen MR) is 103 cm³/mol. The van der Waals surface area contributed by atoms with Crippen LogP contribution in [0.2, 0.25) is 0 Å². The van der Waals surface area contributed by atoms with Crippen LogP contribution in [0.4, 0.5) is 13.2 Å². The van der Waals surface area contributed by atoms with Crippen molar-refractivity contribution in [2.24, 2.45) is 0 Å². The average molecular weight is 403 g/mol. The lowest BCUT2D eigenvalue weighted by Gasteiger charge is -2.10. The summed E-state index contributed by atoms with van der Waals surface area (Å²) >= 11 is 0. The van der Waals surface area contributed by atoms with Crippen molar-refractivity contribution in [3.8, 4) is 5.75 Å². The molecule has 0 atom stereocenters. The summed E-state index contributed by atoms with van der Waals surface area (Å²) in [5.41, 5.74) is 1.45. The summed E-state index contributed by atoms with van der Waals surface area (Å²) in [4.78, 5) is 12.0. The maximum atomic E-state index is 12.1. The molecule has 0 aromatic heterocycles. The van der Waals surface area contributed by atoms with E-state index in [0.29, 0.717) is 17.9 Å². The van der Waals surface area contributed by atoms with E-state index in [4.69, 9.17) is 4.74 Å². The molecule has 0 saturated heterocycles. The van der Waals surface area contributed by atoms with E-state index in [1.54, 1.807) is 24.3 Å². The minimum absolute atomic E-state index is 0.109. The Balaban J connectivity index is 1.41. The van der Waals surface area contributed by atoms with Gasteiger partial charge in [0.2, 0.25) is 0 Å². The number of hydrogen-bond donors (Lipinski definition) is 1. The molecule has 152 valence electrons. The molecular formula is C22H20F3NO3. The van der Waals surface area contributed by atoms with Gasteiger partial charge in [-0.15, -0.1) is 0 Å². The van der Waals surface area contributed by atoms with Crippen molar-refractivity contribution in [3.05, 3.63) is 77.9 Å². The molecule has 3 aromatic carbocycles. The minimum Gasteiger partial charge on any atom is -0.484 e. The first-order valence-corrected chi connectivity index (χ1v) is 9.00. The van der Waals surface area contributed by atoms with Gasteiger partial charge in [-0.25, -0.2) is 0 Å². The Kier molecular flexibility index (Phi) is 6.72. The third-order valence-corrected chi connectivity index (χ3v) is 4.14. The SMILES string of the molecule is O=C(COc1ccc2ccccc2c1)NCc1ccc(COCC(F)(F)F)cc1. The van der Waals surface area contributed by atoms with Crippen molar-refractivity contribution in [2.75, 3.05) is 13.2 Å². The minimum atomic E-state index is -4.33. The fourth-order valence-corrected chi connectivity index (χ4v) is 2.70. The number of carbonyl (C=O) groups is 1. The van der Waals surface area contributed by atoms with Gasteiger partial charge < -0.3 is 14.8 Å². The zero-order chi connectivity index (χ0) is 20.7. The number of rotatable bonds is 8. The van der Waals surface area contributed by atoms with Gasteiger partial charge in [0.15, 0.2) is 6.61 Å². The largest absolute Gasteiger partial charge is 0.484 e. The number of halogens is 3. The summed E-state index contributed by atoms with van der Waals surface area (Å²) in [6.07, 6.45) is -4.33. The third kappa shape index (κ3) is 6.80. The number of benzene rings is 3. The maximum Gasteiger partial charge on any atom is 0.411 e. The van der Waals surface area contributed by atoms with Crippen LogP contribution in [0.3, 0.4) is 0 Å². The molecule has 0 unspecified atom stereocenters. The standard InChI is InChI=1S/C22H20F3NO3/c23-22(24,25)15-28-13-17-7-5-16(6-8-17)12-26-21(27)14-29-20-10-9-18-3-1-2-4-19(18)11-20/h1-11H,12-15H2,(H,26,27). The molecule has 0 aliphatic rings. The van der Waals surface area contributed by atoms with Crippen LogP contribution in [0, 0.1) is 0 Å². The van der Waals surface area contributed by atoms with E-state index in [1.165, 1.54) is 0 Å². The van der Waals surface area contributed by atoms with Gasteiger partial charge in [0.05, 0.1) is 6.61 Å². The van der Waals surface area contributed by atoms with Crippen LogP contribution < -0.4 is 10.1 Å². The monoisotopic (exact) mass is 403 g/mol. The number of alkyl halides is 3. The highest BCUT2D eigenvalue weighted by Crippen LogP contribution is 2.20. The Labute approximate surface area is 166 Å². The number of ether oxygens (including phenoxy) is 2. The van der Waals surface area contributed by atoms with Gasteiger partial charge in [0.25, 0.3) is 5.91 Å². The fraction of sp³-hybridized carbons (Fsp3) is 0.227. The first kappa shape index (κ1) is 20.7. The number of amides is 1. The van der Waals surface area contributed by atoms with Gasteiger partial charge >= 0.3 is 6.18 Å². The van der Waals surface area contributed by atoms with Crippen molar-refractivity contribution in [1.82, 2.24) is 5.32 Å². The summed E-state index contributed by atoms with van der Waals surface area (Å²) in [5.74, 6) is 0.345. The Hall–Kier alpha value is -3.06. The quantitative estimate of drug-likeness (QED) is 0.597. The first-order chi connectivity index (χ1) is 13.9. The second kappa shape index (κ2) is 9.43. The van der Waals surface area contributed by atoms with E-state index < -0.39 is 12.8 Å². The molecule has 0 saturated carbocycles. The number of nitrogens with one attached hydrogen (secondary N) is 1. The number of hydrogen-bond acceptors (Lipinski definition) is 3. The second-order valence-electron chi connectivity index (χ2n) is 6.50. The van der Waals surface area contributed by atoms with Gasteiger partial charge in [0.1, 0.15) is 12.4 Å². The summed E-state index contributed by atoms with van der Waals surface area (Å²) in [6.45, 7) is -1.21. The van der Waals surface area contributed by atoms with E-state index in [1.807, 2.05) is 42.5 Å². The smallest absolute Gasteiger partial charge is 0.411 e. The van der Waals surface area contributed by atoms with Crippen LogP contribution in [-0.2, 0) is 22.7 Å². The molecule has 7 heteroatoms. The summed E-state index contributed by atoms with van der Waals surface area (Å²) in [7, 11) is 0. The summed E-state index contributed by atoms with van der Waals surface area (Å²) in [6, 6.07) is 20.3.